The minimum Gasteiger partial charge on any atom is -0.482 e. The number of sulfone groups is 2. The fourth-order valence-electron chi connectivity index (χ4n) is 2.15. The van der Waals surface area contributed by atoms with Crippen molar-refractivity contribution in [3.8, 4) is 5.75 Å². The topological polar surface area (TPSA) is 107 Å². The molecule has 0 aliphatic carbocycles. The number of hydrogen-bond donors (Lipinski definition) is 1. The number of alkyl halides is 6. The van der Waals surface area contributed by atoms with Crippen LogP contribution in [0.1, 0.15) is 0 Å². The standard InChI is InChI=1S/C16H9Cl2F6NO6S2/c17-8-1-2-13(12(18)3-8)31-7-14(26)25-9-4-10(32(27,28)15(19,20)21)6-11(5-9)33(29,30)16(22,23)24/h1-6H,7H2,(H,25,26). The number of hydrogen-bond acceptors (Lipinski definition) is 6. The van der Waals surface area contributed by atoms with E-state index in [0.717, 1.165) is 0 Å². The summed E-state index contributed by atoms with van der Waals surface area (Å²) in [6.45, 7) is -0.890. The van der Waals surface area contributed by atoms with Gasteiger partial charge in [0, 0.05) is 10.7 Å². The summed E-state index contributed by atoms with van der Waals surface area (Å²) in [6.07, 6.45) is 0. The second-order valence-corrected chi connectivity index (χ2v) is 10.7. The van der Waals surface area contributed by atoms with Crippen LogP contribution in [-0.2, 0) is 24.5 Å². The van der Waals surface area contributed by atoms with Crippen molar-refractivity contribution in [2.24, 2.45) is 0 Å². The van der Waals surface area contributed by atoms with Gasteiger partial charge in [-0.15, -0.1) is 0 Å². The molecule has 1 amide bonds. The highest BCUT2D eigenvalue weighted by Gasteiger charge is 2.50. The first-order valence-electron chi connectivity index (χ1n) is 8.02. The molecular weight excluding hydrogens is 551 g/mol. The van der Waals surface area contributed by atoms with Crippen LogP contribution in [0, 0.1) is 0 Å². The first-order chi connectivity index (χ1) is 14.9. The minimum atomic E-state index is -6.27. The summed E-state index contributed by atoms with van der Waals surface area (Å²) in [5, 5.41) is 1.96. The van der Waals surface area contributed by atoms with E-state index in [1.165, 1.54) is 18.2 Å². The van der Waals surface area contributed by atoms with Crippen molar-refractivity contribution in [3.63, 3.8) is 0 Å². The van der Waals surface area contributed by atoms with Gasteiger partial charge in [0.05, 0.1) is 14.8 Å². The smallest absolute Gasteiger partial charge is 0.482 e. The lowest BCUT2D eigenvalue weighted by atomic mass is 10.3. The van der Waals surface area contributed by atoms with Crippen LogP contribution in [0.4, 0.5) is 32.0 Å². The van der Waals surface area contributed by atoms with Crippen LogP contribution in [0.15, 0.2) is 46.2 Å². The summed E-state index contributed by atoms with van der Waals surface area (Å²) in [5.41, 5.74) is -12.9. The Hall–Kier alpha value is -2.23. The van der Waals surface area contributed by atoms with E-state index in [2.05, 4.69) is 0 Å². The molecular formula is C16H9Cl2F6NO6S2. The molecule has 0 heterocycles. The highest BCUT2D eigenvalue weighted by Crippen LogP contribution is 2.37. The van der Waals surface area contributed by atoms with E-state index in [1.54, 1.807) is 5.32 Å². The molecule has 2 aromatic carbocycles. The Balaban J connectivity index is 2.44. The van der Waals surface area contributed by atoms with E-state index in [9.17, 15) is 48.0 Å². The van der Waals surface area contributed by atoms with Gasteiger partial charge in [0.1, 0.15) is 5.75 Å². The summed E-state index contributed by atoms with van der Waals surface area (Å²) in [7, 11) is -12.5. The Kier molecular flexibility index (Phi) is 7.53. The van der Waals surface area contributed by atoms with Crippen LogP contribution < -0.4 is 10.1 Å². The summed E-state index contributed by atoms with van der Waals surface area (Å²) < 4.78 is 129. The Morgan fingerprint density at radius 3 is 1.76 bits per heavy atom. The molecule has 0 saturated carbocycles. The number of carbonyl (C=O) groups excluding carboxylic acids is 1. The summed E-state index contributed by atoms with van der Waals surface area (Å²) >= 11 is 11.5. The fraction of sp³-hybridized carbons (Fsp3) is 0.188. The summed E-state index contributed by atoms with van der Waals surface area (Å²) in [4.78, 5) is 8.36. The maximum Gasteiger partial charge on any atom is 0.501 e. The van der Waals surface area contributed by atoms with E-state index in [4.69, 9.17) is 27.9 Å². The lowest BCUT2D eigenvalue weighted by Gasteiger charge is -2.15. The number of benzene rings is 2. The molecule has 0 fully saturated rings. The Morgan fingerprint density at radius 2 is 1.33 bits per heavy atom. The Morgan fingerprint density at radius 1 is 0.848 bits per heavy atom. The van der Waals surface area contributed by atoms with Crippen LogP contribution in [-0.4, -0.2) is 40.4 Å². The predicted molar refractivity (Wildman–Crippen MR) is 104 cm³/mol. The molecule has 1 N–H and O–H groups in total. The lowest BCUT2D eigenvalue weighted by molar-refractivity contribution is -0.118. The number of anilines is 1. The molecule has 7 nitrogen and oxygen atoms in total. The van der Waals surface area contributed by atoms with Crippen LogP contribution in [0.5, 0.6) is 5.75 Å². The van der Waals surface area contributed by atoms with E-state index < -0.39 is 58.7 Å². The van der Waals surface area contributed by atoms with Gasteiger partial charge < -0.3 is 10.1 Å². The summed E-state index contributed by atoms with van der Waals surface area (Å²) in [6, 6.07) is 3.81. The zero-order valence-corrected chi connectivity index (χ0v) is 18.6. The van der Waals surface area contributed by atoms with E-state index >= 15 is 0 Å². The van der Waals surface area contributed by atoms with Crippen molar-refractivity contribution < 1.29 is 52.7 Å². The average Bonchev–Trinajstić information content (AvgIpc) is 2.65. The first kappa shape index (κ1) is 27.0. The highest BCUT2D eigenvalue weighted by atomic mass is 35.5. The van der Waals surface area contributed by atoms with Crippen molar-refractivity contribution in [1.82, 2.24) is 0 Å². The first-order valence-corrected chi connectivity index (χ1v) is 11.7. The monoisotopic (exact) mass is 559 g/mol. The van der Waals surface area contributed by atoms with Crippen molar-refractivity contribution in [1.29, 1.82) is 0 Å². The second-order valence-electron chi connectivity index (χ2n) is 6.00. The third-order valence-electron chi connectivity index (χ3n) is 3.65. The molecule has 0 saturated heterocycles. The third-order valence-corrected chi connectivity index (χ3v) is 7.11. The highest BCUT2D eigenvalue weighted by molar-refractivity contribution is 7.93. The molecule has 0 spiro atoms. The number of ether oxygens (including phenoxy) is 1. The number of halogens is 8. The lowest BCUT2D eigenvalue weighted by Crippen LogP contribution is -2.27. The molecule has 182 valence electrons. The van der Waals surface area contributed by atoms with Crippen molar-refractivity contribution in [2.45, 2.75) is 20.8 Å². The van der Waals surface area contributed by atoms with Gasteiger partial charge in [0.25, 0.3) is 25.6 Å². The molecule has 17 heteroatoms. The average molecular weight is 560 g/mol. The van der Waals surface area contributed by atoms with E-state index in [-0.39, 0.29) is 34.0 Å². The van der Waals surface area contributed by atoms with Gasteiger partial charge in [-0.05, 0) is 36.4 Å². The molecule has 0 aliphatic rings. The zero-order valence-electron chi connectivity index (χ0n) is 15.5. The van der Waals surface area contributed by atoms with Crippen molar-refractivity contribution >= 4 is 54.5 Å². The maximum atomic E-state index is 12.9. The van der Waals surface area contributed by atoms with Crippen LogP contribution >= 0.6 is 23.2 Å². The number of rotatable bonds is 6. The number of carbonyl (C=O) groups is 1. The Labute approximate surface area is 192 Å². The molecule has 2 aromatic rings. The molecule has 2 rings (SSSR count). The summed E-state index contributed by atoms with van der Waals surface area (Å²) in [5.74, 6) is -1.26. The molecule has 0 bridgehead atoms. The number of amides is 1. The van der Waals surface area contributed by atoms with Crippen LogP contribution in [0.2, 0.25) is 10.0 Å². The van der Waals surface area contributed by atoms with Gasteiger partial charge in [-0.1, -0.05) is 23.2 Å². The van der Waals surface area contributed by atoms with Gasteiger partial charge in [-0.2, -0.15) is 26.3 Å². The maximum absolute atomic E-state index is 12.9. The predicted octanol–water partition coefficient (Wildman–Crippen LogP) is 4.60. The van der Waals surface area contributed by atoms with E-state index in [0.29, 0.717) is 0 Å². The SMILES string of the molecule is O=C(COc1ccc(Cl)cc1Cl)Nc1cc(S(=O)(=O)C(F)(F)F)cc(S(=O)(=O)C(F)(F)F)c1. The minimum absolute atomic E-state index is 0.0351. The van der Waals surface area contributed by atoms with Gasteiger partial charge in [-0.3, -0.25) is 4.79 Å². The van der Waals surface area contributed by atoms with Crippen LogP contribution in [0.25, 0.3) is 0 Å². The third kappa shape index (κ3) is 6.02. The molecule has 0 aromatic heterocycles. The largest absolute Gasteiger partial charge is 0.501 e. The second kappa shape index (κ2) is 9.19. The molecule has 0 aliphatic heterocycles. The van der Waals surface area contributed by atoms with Crippen molar-refractivity contribution in [2.75, 3.05) is 11.9 Å². The zero-order chi connectivity index (χ0) is 25.4. The normalized spacial score (nSPS) is 13.0. The van der Waals surface area contributed by atoms with E-state index in [1.807, 2.05) is 0 Å². The Bertz CT molecular complexity index is 1230. The van der Waals surface area contributed by atoms with Gasteiger partial charge >= 0.3 is 11.0 Å². The molecule has 0 atom stereocenters. The molecule has 0 radical (unpaired) electrons. The van der Waals surface area contributed by atoms with Crippen LogP contribution in [0.3, 0.4) is 0 Å². The van der Waals surface area contributed by atoms with Gasteiger partial charge in [-0.25, -0.2) is 16.8 Å². The fourth-order valence-corrected chi connectivity index (χ4v) is 4.35. The molecule has 0 unspecified atom stereocenters. The molecule has 33 heavy (non-hydrogen) atoms. The van der Waals surface area contributed by atoms with Crippen molar-refractivity contribution in [3.05, 3.63) is 46.4 Å². The van der Waals surface area contributed by atoms with Gasteiger partial charge in [0.15, 0.2) is 6.61 Å². The van der Waals surface area contributed by atoms with Gasteiger partial charge in [0.2, 0.25) is 0 Å². The quantitative estimate of drug-likeness (QED) is 0.518. The number of nitrogens with one attached hydrogen (secondary N) is 1.